The van der Waals surface area contributed by atoms with Gasteiger partial charge in [0.1, 0.15) is 0 Å². The number of hydrogen-bond acceptors (Lipinski definition) is 3. The predicted octanol–water partition coefficient (Wildman–Crippen LogP) is 0.812. The summed E-state index contributed by atoms with van der Waals surface area (Å²) in [5, 5.41) is 0. The Bertz CT molecular complexity index is 249. The van der Waals surface area contributed by atoms with Crippen molar-refractivity contribution in [3.63, 3.8) is 0 Å². The third-order valence-electron chi connectivity index (χ3n) is 3.86. The molecule has 0 radical (unpaired) electrons. The number of carbonyl (C=O) groups excluding carboxylic acids is 1. The van der Waals surface area contributed by atoms with Gasteiger partial charge in [-0.25, -0.2) is 0 Å². The Kier molecular flexibility index (Phi) is 4.80. The number of piperidine rings is 1. The van der Waals surface area contributed by atoms with Crippen LogP contribution in [0.15, 0.2) is 0 Å². The van der Waals surface area contributed by atoms with Gasteiger partial charge in [-0.1, -0.05) is 12.8 Å². The van der Waals surface area contributed by atoms with Crippen LogP contribution in [0.4, 0.5) is 0 Å². The summed E-state index contributed by atoms with van der Waals surface area (Å²) < 4.78 is 0. The lowest BCUT2D eigenvalue weighted by Crippen LogP contribution is -2.48. The lowest BCUT2D eigenvalue weighted by atomic mass is 10.1. The average molecular weight is 239 g/mol. The van der Waals surface area contributed by atoms with Crippen molar-refractivity contribution < 1.29 is 4.79 Å². The Balaban J connectivity index is 1.78. The highest BCUT2D eigenvalue weighted by Gasteiger charge is 2.22. The molecule has 17 heavy (non-hydrogen) atoms. The molecule has 4 heteroatoms. The smallest absolute Gasteiger partial charge is 0.236 e. The molecular formula is C13H25N3O. The summed E-state index contributed by atoms with van der Waals surface area (Å²) in [4.78, 5) is 16.4. The van der Waals surface area contributed by atoms with Gasteiger partial charge in [0.25, 0.3) is 0 Å². The molecule has 98 valence electrons. The molecule has 2 fully saturated rings. The second-order valence-electron chi connectivity index (χ2n) is 5.43. The topological polar surface area (TPSA) is 49.6 Å². The van der Waals surface area contributed by atoms with Crippen LogP contribution in [0.5, 0.6) is 0 Å². The van der Waals surface area contributed by atoms with Crippen LogP contribution >= 0.6 is 0 Å². The lowest BCUT2D eigenvalue weighted by Gasteiger charge is -2.32. The zero-order chi connectivity index (χ0) is 12.1. The maximum absolute atomic E-state index is 12.2. The van der Waals surface area contributed by atoms with Gasteiger partial charge in [-0.05, 0) is 32.2 Å². The Hall–Kier alpha value is -0.610. The normalized spacial score (nSPS) is 27.8. The fourth-order valence-electron chi connectivity index (χ4n) is 2.85. The number of nitrogens with zero attached hydrogens (tertiary/aromatic N) is 2. The molecule has 0 saturated carbocycles. The van der Waals surface area contributed by atoms with Crippen molar-refractivity contribution in [1.29, 1.82) is 0 Å². The van der Waals surface area contributed by atoms with Gasteiger partial charge in [-0.3, -0.25) is 9.69 Å². The molecule has 2 heterocycles. The molecule has 0 aromatic heterocycles. The Morgan fingerprint density at radius 1 is 1.06 bits per heavy atom. The lowest BCUT2D eigenvalue weighted by molar-refractivity contribution is -0.132. The SMILES string of the molecule is N[C@@H]1CCCN(CC(=O)N2CCCCCC2)C1. The Morgan fingerprint density at radius 3 is 2.41 bits per heavy atom. The van der Waals surface area contributed by atoms with Crippen LogP contribution in [-0.2, 0) is 4.79 Å². The monoisotopic (exact) mass is 239 g/mol. The second-order valence-corrected chi connectivity index (χ2v) is 5.43. The maximum Gasteiger partial charge on any atom is 0.236 e. The number of likely N-dealkylation sites (tertiary alicyclic amines) is 2. The summed E-state index contributed by atoms with van der Waals surface area (Å²) in [7, 11) is 0. The number of carbonyl (C=O) groups is 1. The second kappa shape index (κ2) is 6.36. The van der Waals surface area contributed by atoms with E-state index >= 15 is 0 Å². The molecule has 2 aliphatic rings. The summed E-state index contributed by atoms with van der Waals surface area (Å²) in [5.41, 5.74) is 5.94. The van der Waals surface area contributed by atoms with Crippen molar-refractivity contribution in [3.8, 4) is 0 Å². The van der Waals surface area contributed by atoms with Crippen LogP contribution in [0, 0.1) is 0 Å². The third-order valence-corrected chi connectivity index (χ3v) is 3.86. The van der Waals surface area contributed by atoms with Crippen LogP contribution in [0.1, 0.15) is 38.5 Å². The average Bonchev–Trinajstić information content (AvgIpc) is 2.57. The van der Waals surface area contributed by atoms with Crippen LogP contribution < -0.4 is 5.73 Å². The minimum Gasteiger partial charge on any atom is -0.342 e. The van der Waals surface area contributed by atoms with Gasteiger partial charge in [-0.2, -0.15) is 0 Å². The molecule has 2 aliphatic heterocycles. The molecule has 0 aromatic carbocycles. The zero-order valence-electron chi connectivity index (χ0n) is 10.7. The van der Waals surface area contributed by atoms with E-state index in [0.717, 1.165) is 39.0 Å². The van der Waals surface area contributed by atoms with E-state index in [4.69, 9.17) is 5.73 Å². The van der Waals surface area contributed by atoms with Crippen molar-refractivity contribution in [1.82, 2.24) is 9.80 Å². The van der Waals surface area contributed by atoms with Crippen molar-refractivity contribution >= 4 is 5.91 Å². The Morgan fingerprint density at radius 2 is 1.76 bits per heavy atom. The minimum atomic E-state index is 0.265. The van der Waals surface area contributed by atoms with E-state index in [1.807, 2.05) is 4.90 Å². The molecule has 2 N–H and O–H groups in total. The van der Waals surface area contributed by atoms with Crippen molar-refractivity contribution in [3.05, 3.63) is 0 Å². The molecule has 1 amide bonds. The van der Waals surface area contributed by atoms with Gasteiger partial charge in [-0.15, -0.1) is 0 Å². The highest BCUT2D eigenvalue weighted by Crippen LogP contribution is 2.12. The van der Waals surface area contributed by atoms with Gasteiger partial charge in [0, 0.05) is 25.7 Å². The standard InChI is InChI=1S/C13H25N3O/c14-12-6-5-7-15(10-12)11-13(17)16-8-3-1-2-4-9-16/h12H,1-11,14H2/t12-/m1/s1. The van der Waals surface area contributed by atoms with Gasteiger partial charge in [0.05, 0.1) is 6.54 Å². The number of nitrogens with two attached hydrogens (primary N) is 1. The fraction of sp³-hybridized carbons (Fsp3) is 0.923. The number of amides is 1. The molecule has 0 aromatic rings. The summed E-state index contributed by atoms with van der Waals surface area (Å²) in [6.07, 6.45) is 7.14. The van der Waals surface area contributed by atoms with Gasteiger partial charge < -0.3 is 10.6 Å². The first-order valence-electron chi connectivity index (χ1n) is 7.01. The van der Waals surface area contributed by atoms with Crippen LogP contribution in [0.2, 0.25) is 0 Å². The molecule has 2 saturated heterocycles. The van der Waals surface area contributed by atoms with E-state index in [1.54, 1.807) is 0 Å². The molecule has 0 bridgehead atoms. The van der Waals surface area contributed by atoms with E-state index in [9.17, 15) is 4.79 Å². The Labute approximate surface area is 104 Å². The predicted molar refractivity (Wildman–Crippen MR) is 68.7 cm³/mol. The summed E-state index contributed by atoms with van der Waals surface area (Å²) in [5.74, 6) is 0.306. The number of hydrogen-bond donors (Lipinski definition) is 1. The zero-order valence-corrected chi connectivity index (χ0v) is 10.7. The molecule has 0 spiro atoms. The van der Waals surface area contributed by atoms with Gasteiger partial charge in [0.2, 0.25) is 5.91 Å². The van der Waals surface area contributed by atoms with Crippen LogP contribution in [0.25, 0.3) is 0 Å². The summed E-state index contributed by atoms with van der Waals surface area (Å²) in [6.45, 7) is 4.41. The van der Waals surface area contributed by atoms with E-state index in [1.165, 1.54) is 25.7 Å². The first-order chi connectivity index (χ1) is 8.25. The first kappa shape index (κ1) is 12.8. The molecular weight excluding hydrogens is 214 g/mol. The van der Waals surface area contributed by atoms with Crippen LogP contribution in [0.3, 0.4) is 0 Å². The van der Waals surface area contributed by atoms with Crippen molar-refractivity contribution in [2.75, 3.05) is 32.7 Å². The number of rotatable bonds is 2. The summed E-state index contributed by atoms with van der Waals surface area (Å²) >= 11 is 0. The highest BCUT2D eigenvalue weighted by molar-refractivity contribution is 5.78. The van der Waals surface area contributed by atoms with Crippen molar-refractivity contribution in [2.45, 2.75) is 44.6 Å². The maximum atomic E-state index is 12.2. The minimum absolute atomic E-state index is 0.265. The quantitative estimate of drug-likeness (QED) is 0.776. The third kappa shape index (κ3) is 3.96. The van der Waals surface area contributed by atoms with E-state index in [-0.39, 0.29) is 6.04 Å². The fourth-order valence-corrected chi connectivity index (χ4v) is 2.85. The molecule has 4 nitrogen and oxygen atoms in total. The highest BCUT2D eigenvalue weighted by atomic mass is 16.2. The van der Waals surface area contributed by atoms with E-state index in [2.05, 4.69) is 4.90 Å². The van der Waals surface area contributed by atoms with E-state index in [0.29, 0.717) is 12.5 Å². The first-order valence-corrected chi connectivity index (χ1v) is 7.01. The van der Waals surface area contributed by atoms with Crippen LogP contribution in [-0.4, -0.2) is 54.5 Å². The van der Waals surface area contributed by atoms with Gasteiger partial charge in [0.15, 0.2) is 0 Å². The molecule has 2 rings (SSSR count). The molecule has 1 atom stereocenters. The van der Waals surface area contributed by atoms with Gasteiger partial charge >= 0.3 is 0 Å². The molecule has 0 aliphatic carbocycles. The van der Waals surface area contributed by atoms with E-state index < -0.39 is 0 Å². The largest absolute Gasteiger partial charge is 0.342 e. The summed E-state index contributed by atoms with van der Waals surface area (Å²) in [6, 6.07) is 0.265. The molecule has 0 unspecified atom stereocenters. The van der Waals surface area contributed by atoms with Crippen molar-refractivity contribution in [2.24, 2.45) is 5.73 Å².